The van der Waals surface area contributed by atoms with E-state index < -0.39 is 11.8 Å². The molecule has 0 bridgehead atoms. The van der Waals surface area contributed by atoms with Gasteiger partial charge in [-0.05, 0) is 49.8 Å². The van der Waals surface area contributed by atoms with Crippen LogP contribution < -0.4 is 5.73 Å². The number of benzene rings is 1. The normalized spacial score (nSPS) is 21.8. The van der Waals surface area contributed by atoms with Crippen LogP contribution in [-0.4, -0.2) is 10.9 Å². The Morgan fingerprint density at radius 1 is 1.27 bits per heavy atom. The molecule has 0 spiro atoms. The zero-order chi connectivity index (χ0) is 15.5. The Morgan fingerprint density at radius 2 is 2.05 bits per heavy atom. The average molecular weight is 304 g/mol. The van der Waals surface area contributed by atoms with E-state index in [1.807, 2.05) is 0 Å². The van der Waals surface area contributed by atoms with Gasteiger partial charge in [-0.25, -0.2) is 8.78 Å². The molecule has 1 fully saturated rings. The van der Waals surface area contributed by atoms with Crippen molar-refractivity contribution >= 4 is 16.8 Å². The highest BCUT2D eigenvalue weighted by Gasteiger charge is 2.48. The largest absolute Gasteiger partial charge is 0.369 e. The van der Waals surface area contributed by atoms with Gasteiger partial charge in [0, 0.05) is 28.1 Å². The van der Waals surface area contributed by atoms with E-state index in [0.29, 0.717) is 12.8 Å². The number of hydrogen-bond acceptors (Lipinski definition) is 1. The first-order chi connectivity index (χ1) is 10.5. The fourth-order valence-electron chi connectivity index (χ4n) is 3.64. The van der Waals surface area contributed by atoms with E-state index >= 15 is 0 Å². The molecule has 0 saturated heterocycles. The van der Waals surface area contributed by atoms with Gasteiger partial charge in [-0.3, -0.25) is 4.79 Å². The van der Waals surface area contributed by atoms with Crippen LogP contribution in [0, 0.1) is 5.92 Å². The minimum absolute atomic E-state index is 0.0884. The lowest BCUT2D eigenvalue weighted by Gasteiger charge is -2.20. The van der Waals surface area contributed by atoms with E-state index in [4.69, 9.17) is 5.73 Å². The summed E-state index contributed by atoms with van der Waals surface area (Å²) in [5, 5.41) is 0.818. The van der Waals surface area contributed by atoms with Gasteiger partial charge >= 0.3 is 0 Å². The number of carbonyl (C=O) groups excluding carboxylic acids is 1. The predicted molar refractivity (Wildman–Crippen MR) is 79.8 cm³/mol. The number of nitrogens with two attached hydrogens (primary N) is 1. The number of aromatic amines is 1. The number of amides is 1. The van der Waals surface area contributed by atoms with Gasteiger partial charge in [0.2, 0.25) is 5.91 Å². The summed E-state index contributed by atoms with van der Waals surface area (Å²) < 4.78 is 28.7. The molecule has 0 radical (unpaired) electrons. The Morgan fingerprint density at radius 3 is 2.73 bits per heavy atom. The molecule has 0 aliphatic heterocycles. The molecule has 1 heterocycles. The number of rotatable bonds is 3. The highest BCUT2D eigenvalue weighted by molar-refractivity contribution is 5.90. The van der Waals surface area contributed by atoms with E-state index in [1.54, 1.807) is 12.1 Å². The second-order valence-corrected chi connectivity index (χ2v) is 6.52. The van der Waals surface area contributed by atoms with Gasteiger partial charge in [-0.15, -0.1) is 0 Å². The van der Waals surface area contributed by atoms with Crippen molar-refractivity contribution in [2.75, 3.05) is 0 Å². The van der Waals surface area contributed by atoms with Crippen LogP contribution in [0.3, 0.4) is 0 Å². The van der Waals surface area contributed by atoms with Gasteiger partial charge in [0.25, 0.3) is 5.92 Å². The fourth-order valence-corrected chi connectivity index (χ4v) is 3.64. The minimum atomic E-state index is -2.75. The van der Waals surface area contributed by atoms with Gasteiger partial charge in [0.05, 0.1) is 5.92 Å². The third-order valence-corrected chi connectivity index (χ3v) is 5.03. The number of hydrogen-bond donors (Lipinski definition) is 2. The molecule has 3 N–H and O–H groups in total. The average Bonchev–Trinajstić information content (AvgIpc) is 3.28. The quantitative estimate of drug-likeness (QED) is 0.894. The maximum absolute atomic E-state index is 14.3. The monoisotopic (exact) mass is 304 g/mol. The van der Waals surface area contributed by atoms with Crippen LogP contribution in [0.5, 0.6) is 0 Å². The second-order valence-electron chi connectivity index (χ2n) is 6.52. The van der Waals surface area contributed by atoms with Gasteiger partial charge in [0.1, 0.15) is 0 Å². The number of H-pyrrole nitrogens is 1. The molecule has 2 aromatic rings. The van der Waals surface area contributed by atoms with Crippen molar-refractivity contribution in [2.24, 2.45) is 11.7 Å². The lowest BCUT2D eigenvalue weighted by Crippen LogP contribution is -2.24. The van der Waals surface area contributed by atoms with Crippen LogP contribution in [-0.2, 0) is 17.1 Å². The summed E-state index contributed by atoms with van der Waals surface area (Å²) in [6.45, 7) is 0. The number of fused-ring (bicyclic) bond motifs is 3. The van der Waals surface area contributed by atoms with Gasteiger partial charge < -0.3 is 10.7 Å². The van der Waals surface area contributed by atoms with Crippen molar-refractivity contribution in [3.8, 4) is 0 Å². The van der Waals surface area contributed by atoms with Crippen molar-refractivity contribution in [3.05, 3.63) is 35.0 Å². The van der Waals surface area contributed by atoms with Gasteiger partial charge in [0.15, 0.2) is 0 Å². The predicted octanol–water partition coefficient (Wildman–Crippen LogP) is 3.57. The van der Waals surface area contributed by atoms with Crippen molar-refractivity contribution in [1.29, 1.82) is 0 Å². The Labute approximate surface area is 126 Å². The SMILES string of the molecule is NC(=O)[C@@H]1CCCc2c1[nH]c1ccc(C(F)(F)C3CC3)cc21. The first-order valence-electron chi connectivity index (χ1n) is 7.80. The number of nitrogens with one attached hydrogen (secondary N) is 1. The number of aryl methyl sites for hydroxylation is 1. The second kappa shape index (κ2) is 4.54. The molecule has 2 aliphatic carbocycles. The zero-order valence-corrected chi connectivity index (χ0v) is 12.2. The van der Waals surface area contributed by atoms with Gasteiger partial charge in [-0.2, -0.15) is 0 Å². The van der Waals surface area contributed by atoms with E-state index in [0.717, 1.165) is 41.4 Å². The van der Waals surface area contributed by atoms with E-state index in [2.05, 4.69) is 4.98 Å². The maximum Gasteiger partial charge on any atom is 0.276 e. The molecule has 1 aromatic carbocycles. The molecule has 0 unspecified atom stereocenters. The van der Waals surface area contributed by atoms with Crippen molar-refractivity contribution in [3.63, 3.8) is 0 Å². The molecule has 3 nitrogen and oxygen atoms in total. The molecule has 1 atom stereocenters. The number of halogens is 2. The summed E-state index contributed by atoms with van der Waals surface area (Å²) in [6.07, 6.45) is 3.58. The van der Waals surface area contributed by atoms with E-state index in [9.17, 15) is 13.6 Å². The van der Waals surface area contributed by atoms with Crippen molar-refractivity contribution < 1.29 is 13.6 Å². The van der Waals surface area contributed by atoms with E-state index in [-0.39, 0.29) is 17.4 Å². The van der Waals surface area contributed by atoms with Crippen LogP contribution in [0.4, 0.5) is 8.78 Å². The number of primary amides is 1. The molecule has 116 valence electrons. The third-order valence-electron chi connectivity index (χ3n) is 5.03. The van der Waals surface area contributed by atoms with Crippen LogP contribution in [0.1, 0.15) is 48.4 Å². The Hall–Kier alpha value is -1.91. The van der Waals surface area contributed by atoms with Crippen LogP contribution in [0.25, 0.3) is 10.9 Å². The van der Waals surface area contributed by atoms with Crippen LogP contribution in [0.15, 0.2) is 18.2 Å². The summed E-state index contributed by atoms with van der Waals surface area (Å²) in [7, 11) is 0. The topological polar surface area (TPSA) is 58.9 Å². The summed E-state index contributed by atoms with van der Waals surface area (Å²) in [6, 6.07) is 4.81. The first-order valence-corrected chi connectivity index (χ1v) is 7.80. The molecule has 2 aliphatic rings. The molecular formula is C17H18F2N2O. The van der Waals surface area contributed by atoms with Crippen molar-refractivity contribution in [2.45, 2.75) is 43.9 Å². The Balaban J connectivity index is 1.85. The lowest BCUT2D eigenvalue weighted by molar-refractivity contribution is -0.119. The van der Waals surface area contributed by atoms with Crippen LogP contribution in [0.2, 0.25) is 0 Å². The van der Waals surface area contributed by atoms with Crippen molar-refractivity contribution in [1.82, 2.24) is 4.98 Å². The number of aromatic nitrogens is 1. The third kappa shape index (κ3) is 1.95. The fraction of sp³-hybridized carbons (Fsp3) is 0.471. The lowest BCUT2D eigenvalue weighted by atomic mass is 9.86. The molecular weight excluding hydrogens is 286 g/mol. The van der Waals surface area contributed by atoms with Gasteiger partial charge in [-0.1, -0.05) is 6.07 Å². The highest BCUT2D eigenvalue weighted by Crippen LogP contribution is 2.50. The molecule has 22 heavy (non-hydrogen) atoms. The maximum atomic E-state index is 14.3. The molecule has 1 saturated carbocycles. The Kier molecular flexibility index (Phi) is 2.83. The summed E-state index contributed by atoms with van der Waals surface area (Å²) >= 11 is 0. The minimum Gasteiger partial charge on any atom is -0.369 e. The Bertz CT molecular complexity index is 761. The standard InChI is InChI=1S/C17H18F2N2O/c18-17(19,9-4-5-9)10-6-7-14-13(8-10)11-2-1-3-12(16(20)22)15(11)21-14/h6-9,12,21H,1-5H2,(H2,20,22)/t12-/m1/s1. The number of alkyl halides is 2. The summed E-state index contributed by atoms with van der Waals surface area (Å²) in [4.78, 5) is 14.8. The highest BCUT2D eigenvalue weighted by atomic mass is 19.3. The number of carbonyl (C=O) groups is 1. The summed E-state index contributed by atoms with van der Waals surface area (Å²) in [5.74, 6) is -3.95. The first kappa shape index (κ1) is 13.7. The molecule has 4 rings (SSSR count). The zero-order valence-electron chi connectivity index (χ0n) is 12.2. The van der Waals surface area contributed by atoms with E-state index in [1.165, 1.54) is 6.07 Å². The molecule has 1 amide bonds. The smallest absolute Gasteiger partial charge is 0.276 e. The molecule has 1 aromatic heterocycles. The molecule has 5 heteroatoms. The van der Waals surface area contributed by atoms with Crippen LogP contribution >= 0.6 is 0 Å². The summed E-state index contributed by atoms with van der Waals surface area (Å²) in [5.41, 5.74) is 8.18.